The first-order valence-corrected chi connectivity index (χ1v) is 5.09. The van der Waals surface area contributed by atoms with Gasteiger partial charge in [0.1, 0.15) is 6.54 Å². The number of nitrogens with two attached hydrogens (primary N) is 1. The minimum Gasteiger partial charge on any atom is -0.381 e. The van der Waals surface area contributed by atoms with Crippen molar-refractivity contribution in [2.45, 2.75) is 19.4 Å². The molecule has 17 heavy (non-hydrogen) atoms. The molecule has 4 nitrogen and oxygen atoms in total. The Bertz CT molecular complexity index is 507. The van der Waals surface area contributed by atoms with Crippen LogP contribution >= 0.6 is 0 Å². The molecule has 2 aromatic rings. The predicted molar refractivity (Wildman–Crippen MR) is 59.5 cm³/mol. The quantitative estimate of drug-likeness (QED) is 0.889. The van der Waals surface area contributed by atoms with Crippen LogP contribution in [0.2, 0.25) is 0 Å². The number of nitrogen functional groups attached to an aromatic ring is 1. The Hall–Kier alpha value is -1.98. The summed E-state index contributed by atoms with van der Waals surface area (Å²) in [5.74, 6) is -2.82. The lowest BCUT2D eigenvalue weighted by Crippen LogP contribution is -2.23. The zero-order chi connectivity index (χ0) is 12.5. The Kier molecular flexibility index (Phi) is 2.79. The SMILES string of the molecule is Cc1c(N)nnn1CC(F)(F)c1ccccc1. The first-order valence-electron chi connectivity index (χ1n) is 5.09. The van der Waals surface area contributed by atoms with Crippen molar-refractivity contribution in [2.75, 3.05) is 5.73 Å². The first-order chi connectivity index (χ1) is 8.00. The lowest BCUT2D eigenvalue weighted by Gasteiger charge is -2.16. The molecule has 2 rings (SSSR count). The third-order valence-corrected chi connectivity index (χ3v) is 2.56. The van der Waals surface area contributed by atoms with E-state index in [-0.39, 0.29) is 11.4 Å². The van der Waals surface area contributed by atoms with Gasteiger partial charge in [0, 0.05) is 5.56 Å². The maximum atomic E-state index is 13.9. The molecular formula is C11H12F2N4. The molecule has 0 amide bonds. The van der Waals surface area contributed by atoms with E-state index in [1.165, 1.54) is 12.1 Å². The van der Waals surface area contributed by atoms with E-state index >= 15 is 0 Å². The van der Waals surface area contributed by atoms with Gasteiger partial charge in [0.25, 0.3) is 5.92 Å². The summed E-state index contributed by atoms with van der Waals surface area (Å²) in [6.45, 7) is 1.05. The summed E-state index contributed by atoms with van der Waals surface area (Å²) < 4.78 is 28.9. The van der Waals surface area contributed by atoms with Crippen LogP contribution in [0, 0.1) is 6.92 Å². The van der Waals surface area contributed by atoms with Crippen LogP contribution in [0.1, 0.15) is 11.3 Å². The molecule has 1 aromatic carbocycles. The Balaban J connectivity index is 2.26. The summed E-state index contributed by atoms with van der Waals surface area (Å²) in [4.78, 5) is 0. The van der Waals surface area contributed by atoms with E-state index in [0.717, 1.165) is 4.68 Å². The van der Waals surface area contributed by atoms with E-state index in [1.54, 1.807) is 25.1 Å². The highest BCUT2D eigenvalue weighted by molar-refractivity contribution is 5.31. The molecule has 2 N–H and O–H groups in total. The van der Waals surface area contributed by atoms with Crippen molar-refractivity contribution in [1.29, 1.82) is 0 Å². The molecule has 6 heteroatoms. The van der Waals surface area contributed by atoms with Crippen LogP contribution in [0.3, 0.4) is 0 Å². The second-order valence-electron chi connectivity index (χ2n) is 3.79. The van der Waals surface area contributed by atoms with Crippen molar-refractivity contribution >= 4 is 5.82 Å². The van der Waals surface area contributed by atoms with Crippen LogP contribution in [0.5, 0.6) is 0 Å². The third-order valence-electron chi connectivity index (χ3n) is 2.56. The minimum absolute atomic E-state index is 0.0477. The summed E-state index contributed by atoms with van der Waals surface area (Å²) in [6.07, 6.45) is 0. The predicted octanol–water partition coefficient (Wildman–Crippen LogP) is 1.96. The van der Waals surface area contributed by atoms with Gasteiger partial charge in [0.2, 0.25) is 0 Å². The van der Waals surface area contributed by atoms with Crippen molar-refractivity contribution in [3.8, 4) is 0 Å². The Labute approximate surface area is 97.0 Å². The number of benzene rings is 1. The third kappa shape index (κ3) is 2.25. The number of rotatable bonds is 3. The number of nitrogens with zero attached hydrogens (tertiary/aromatic N) is 3. The van der Waals surface area contributed by atoms with E-state index in [1.807, 2.05) is 0 Å². The fraction of sp³-hybridized carbons (Fsp3) is 0.273. The molecule has 0 aliphatic heterocycles. The summed E-state index contributed by atoms with van der Waals surface area (Å²) in [5.41, 5.74) is 5.86. The smallest absolute Gasteiger partial charge is 0.292 e. The van der Waals surface area contributed by atoms with Crippen LogP contribution in [0.15, 0.2) is 30.3 Å². The second kappa shape index (κ2) is 4.12. The van der Waals surface area contributed by atoms with Gasteiger partial charge in [-0.3, -0.25) is 0 Å². The molecule has 0 radical (unpaired) electrons. The van der Waals surface area contributed by atoms with E-state index in [9.17, 15) is 8.78 Å². The first kappa shape index (κ1) is 11.5. The van der Waals surface area contributed by atoms with Crippen molar-refractivity contribution in [2.24, 2.45) is 0 Å². The number of halogens is 2. The molecule has 0 spiro atoms. The van der Waals surface area contributed by atoms with Crippen LogP contribution < -0.4 is 5.73 Å². The molecule has 0 fully saturated rings. The molecule has 0 saturated carbocycles. The van der Waals surface area contributed by atoms with E-state index < -0.39 is 12.5 Å². The summed E-state index contributed by atoms with van der Waals surface area (Å²) in [6, 6.07) is 7.61. The lowest BCUT2D eigenvalue weighted by molar-refractivity contribution is -0.0263. The highest BCUT2D eigenvalue weighted by Gasteiger charge is 2.33. The normalized spacial score (nSPS) is 11.7. The largest absolute Gasteiger partial charge is 0.381 e. The molecule has 1 aromatic heterocycles. The van der Waals surface area contributed by atoms with Gasteiger partial charge in [-0.2, -0.15) is 8.78 Å². The van der Waals surface area contributed by atoms with Gasteiger partial charge < -0.3 is 5.73 Å². The Morgan fingerprint density at radius 3 is 2.47 bits per heavy atom. The number of hydrogen-bond acceptors (Lipinski definition) is 3. The zero-order valence-corrected chi connectivity index (χ0v) is 9.27. The Morgan fingerprint density at radius 2 is 1.94 bits per heavy atom. The molecule has 0 aliphatic carbocycles. The molecule has 1 heterocycles. The average Bonchev–Trinajstić information content (AvgIpc) is 2.62. The van der Waals surface area contributed by atoms with Crippen molar-refractivity contribution < 1.29 is 8.78 Å². The number of aromatic nitrogens is 3. The average molecular weight is 238 g/mol. The van der Waals surface area contributed by atoms with E-state index in [2.05, 4.69) is 10.3 Å². The van der Waals surface area contributed by atoms with Gasteiger partial charge in [-0.15, -0.1) is 5.10 Å². The standard InChI is InChI=1S/C11H12F2N4/c1-8-10(14)15-16-17(8)7-11(12,13)9-5-3-2-4-6-9/h2-6H,7,14H2,1H3. The maximum Gasteiger partial charge on any atom is 0.292 e. The molecule has 0 saturated heterocycles. The number of alkyl halides is 2. The molecule has 0 aliphatic rings. The molecule has 0 unspecified atom stereocenters. The number of hydrogen-bond donors (Lipinski definition) is 1. The molecule has 0 atom stereocenters. The van der Waals surface area contributed by atoms with Gasteiger partial charge in [0.05, 0.1) is 5.69 Å². The zero-order valence-electron chi connectivity index (χ0n) is 9.27. The Morgan fingerprint density at radius 1 is 1.29 bits per heavy atom. The highest BCUT2D eigenvalue weighted by atomic mass is 19.3. The lowest BCUT2D eigenvalue weighted by atomic mass is 10.1. The van der Waals surface area contributed by atoms with Crippen LogP contribution in [0.4, 0.5) is 14.6 Å². The summed E-state index contributed by atoms with van der Waals surface area (Å²) in [5, 5.41) is 7.14. The monoisotopic (exact) mass is 238 g/mol. The van der Waals surface area contributed by atoms with E-state index in [4.69, 9.17) is 5.73 Å². The van der Waals surface area contributed by atoms with Crippen LogP contribution in [-0.4, -0.2) is 15.0 Å². The molecule has 90 valence electrons. The summed E-state index contributed by atoms with van der Waals surface area (Å²) in [7, 11) is 0. The van der Waals surface area contributed by atoms with E-state index in [0.29, 0.717) is 5.69 Å². The fourth-order valence-corrected chi connectivity index (χ4v) is 1.49. The second-order valence-corrected chi connectivity index (χ2v) is 3.79. The van der Waals surface area contributed by atoms with Gasteiger partial charge >= 0.3 is 0 Å². The molecular weight excluding hydrogens is 226 g/mol. The van der Waals surface area contributed by atoms with Gasteiger partial charge in [-0.1, -0.05) is 35.5 Å². The highest BCUT2D eigenvalue weighted by Crippen LogP contribution is 2.29. The van der Waals surface area contributed by atoms with Crippen LogP contribution in [0.25, 0.3) is 0 Å². The summed E-state index contributed by atoms with van der Waals surface area (Å²) >= 11 is 0. The van der Waals surface area contributed by atoms with Gasteiger partial charge in [0.15, 0.2) is 5.82 Å². The maximum absolute atomic E-state index is 13.9. The van der Waals surface area contributed by atoms with Gasteiger partial charge in [-0.25, -0.2) is 4.68 Å². The number of anilines is 1. The minimum atomic E-state index is -2.99. The van der Waals surface area contributed by atoms with Crippen molar-refractivity contribution in [3.63, 3.8) is 0 Å². The van der Waals surface area contributed by atoms with Crippen molar-refractivity contribution in [3.05, 3.63) is 41.6 Å². The fourth-order valence-electron chi connectivity index (χ4n) is 1.49. The molecule has 0 bridgehead atoms. The van der Waals surface area contributed by atoms with Gasteiger partial charge in [-0.05, 0) is 6.92 Å². The van der Waals surface area contributed by atoms with Crippen molar-refractivity contribution in [1.82, 2.24) is 15.0 Å². The van der Waals surface area contributed by atoms with Crippen LogP contribution in [-0.2, 0) is 12.5 Å². The topological polar surface area (TPSA) is 56.7 Å².